The smallest absolute Gasteiger partial charge is 0.303 e. The highest BCUT2D eigenvalue weighted by atomic mass is 79.9. The molecule has 0 fully saturated rings. The highest BCUT2D eigenvalue weighted by Gasteiger charge is 2.24. The van der Waals surface area contributed by atoms with Crippen molar-refractivity contribution < 1.29 is 14.8 Å². The molecule has 0 bridgehead atoms. The molecule has 1 heterocycles. The maximum atomic E-state index is 11.3. The third-order valence-electron chi connectivity index (χ3n) is 3.48. The molecule has 106 valence electrons. The second-order valence-electron chi connectivity index (χ2n) is 4.56. The molecule has 0 saturated carbocycles. The summed E-state index contributed by atoms with van der Waals surface area (Å²) in [5, 5.41) is 20.6. The van der Waals surface area contributed by atoms with Gasteiger partial charge < -0.3 is 9.67 Å². The second-order valence-corrected chi connectivity index (χ2v) is 5.42. The largest absolute Gasteiger partial charge is 0.481 e. The zero-order valence-corrected chi connectivity index (χ0v) is 12.6. The molecule has 7 heteroatoms. The number of rotatable bonds is 4. The molecule has 1 aromatic heterocycles. The fourth-order valence-corrected chi connectivity index (χ4v) is 2.89. The molecule has 0 saturated heterocycles. The lowest BCUT2D eigenvalue weighted by Crippen LogP contribution is -2.00. The van der Waals surface area contributed by atoms with Crippen LogP contribution >= 0.6 is 15.9 Å². The van der Waals surface area contributed by atoms with Gasteiger partial charge >= 0.3 is 5.97 Å². The third kappa shape index (κ3) is 2.29. The van der Waals surface area contributed by atoms with Gasteiger partial charge in [0.15, 0.2) is 0 Å². The molecule has 0 aliphatic rings. The number of carboxylic acids is 1. The van der Waals surface area contributed by atoms with Gasteiger partial charge in [-0.2, -0.15) is 0 Å². The molecule has 2 aromatic rings. The lowest BCUT2D eigenvalue weighted by atomic mass is 10.0. The van der Waals surface area contributed by atoms with Crippen LogP contribution in [0.15, 0.2) is 16.6 Å². The number of aryl methyl sites for hydroxylation is 2. The van der Waals surface area contributed by atoms with Crippen LogP contribution in [-0.4, -0.2) is 20.6 Å². The fourth-order valence-electron chi connectivity index (χ4n) is 2.41. The van der Waals surface area contributed by atoms with Crippen molar-refractivity contribution in [2.75, 3.05) is 0 Å². The number of hydrogen-bond donors (Lipinski definition) is 1. The number of carbonyl (C=O) groups is 1. The lowest BCUT2D eigenvalue weighted by Gasteiger charge is -2.01. The van der Waals surface area contributed by atoms with Crippen molar-refractivity contribution in [3.8, 4) is 0 Å². The van der Waals surface area contributed by atoms with Gasteiger partial charge in [-0.3, -0.25) is 14.9 Å². The van der Waals surface area contributed by atoms with Crippen LogP contribution in [0.5, 0.6) is 0 Å². The average molecular weight is 341 g/mol. The first-order chi connectivity index (χ1) is 9.34. The van der Waals surface area contributed by atoms with Crippen LogP contribution in [0.25, 0.3) is 10.9 Å². The van der Waals surface area contributed by atoms with Crippen LogP contribution in [-0.2, 0) is 18.3 Å². The molecule has 6 nitrogen and oxygen atoms in total. The summed E-state index contributed by atoms with van der Waals surface area (Å²) >= 11 is 3.20. The van der Waals surface area contributed by atoms with Gasteiger partial charge in [-0.05, 0) is 47.0 Å². The molecule has 0 unspecified atom stereocenters. The van der Waals surface area contributed by atoms with Crippen LogP contribution in [0.1, 0.15) is 17.7 Å². The van der Waals surface area contributed by atoms with Gasteiger partial charge in [-0.25, -0.2) is 0 Å². The number of aliphatic carboxylic acids is 1. The maximum Gasteiger partial charge on any atom is 0.303 e. The van der Waals surface area contributed by atoms with E-state index in [1.807, 2.05) is 18.5 Å². The summed E-state index contributed by atoms with van der Waals surface area (Å²) < 4.78 is 2.25. The van der Waals surface area contributed by atoms with Crippen molar-refractivity contribution in [1.29, 1.82) is 0 Å². The summed E-state index contributed by atoms with van der Waals surface area (Å²) in [4.78, 5) is 21.6. The first-order valence-corrected chi connectivity index (χ1v) is 6.76. The Morgan fingerprint density at radius 3 is 2.70 bits per heavy atom. The van der Waals surface area contributed by atoms with Gasteiger partial charge in [-0.15, -0.1) is 0 Å². The Morgan fingerprint density at radius 2 is 2.15 bits per heavy atom. The number of carboxylic acid groups (broad SMARTS) is 1. The van der Waals surface area contributed by atoms with Gasteiger partial charge in [-0.1, -0.05) is 0 Å². The van der Waals surface area contributed by atoms with Gasteiger partial charge in [0.2, 0.25) is 0 Å². The Bertz CT molecular complexity index is 721. The average Bonchev–Trinajstić information content (AvgIpc) is 2.59. The Balaban J connectivity index is 2.78. The molecule has 0 atom stereocenters. The van der Waals surface area contributed by atoms with Crippen molar-refractivity contribution in [3.63, 3.8) is 0 Å². The first-order valence-electron chi connectivity index (χ1n) is 5.97. The number of nitrogens with zero attached hydrogens (tertiary/aromatic N) is 2. The minimum Gasteiger partial charge on any atom is -0.481 e. The van der Waals surface area contributed by atoms with E-state index in [9.17, 15) is 14.9 Å². The Labute approximate surface area is 123 Å². The summed E-state index contributed by atoms with van der Waals surface area (Å²) in [6.45, 7) is 1.84. The van der Waals surface area contributed by atoms with Crippen LogP contribution in [0, 0.1) is 17.0 Å². The molecular formula is C13H13BrN2O4. The van der Waals surface area contributed by atoms with Crippen LogP contribution in [0.4, 0.5) is 5.69 Å². The molecule has 0 radical (unpaired) electrons. The van der Waals surface area contributed by atoms with Crippen molar-refractivity contribution >= 4 is 38.5 Å². The maximum absolute atomic E-state index is 11.3. The number of nitro groups is 1. The monoisotopic (exact) mass is 340 g/mol. The van der Waals surface area contributed by atoms with E-state index in [0.29, 0.717) is 9.86 Å². The van der Waals surface area contributed by atoms with Crippen LogP contribution in [0.3, 0.4) is 0 Å². The van der Waals surface area contributed by atoms with Gasteiger partial charge in [0.05, 0.1) is 20.3 Å². The molecule has 0 aliphatic heterocycles. The van der Waals surface area contributed by atoms with Crippen molar-refractivity contribution in [2.45, 2.75) is 19.8 Å². The Kier molecular flexibility index (Phi) is 3.80. The predicted octanol–water partition coefficient (Wildman–Crippen LogP) is 3.17. The van der Waals surface area contributed by atoms with Crippen LogP contribution in [0.2, 0.25) is 0 Å². The molecule has 2 rings (SSSR count). The molecule has 1 aromatic carbocycles. The van der Waals surface area contributed by atoms with E-state index in [1.165, 1.54) is 0 Å². The zero-order valence-electron chi connectivity index (χ0n) is 11.0. The van der Waals surface area contributed by atoms with E-state index < -0.39 is 10.9 Å². The third-order valence-corrected chi connectivity index (χ3v) is 4.12. The highest BCUT2D eigenvalue weighted by Crippen LogP contribution is 2.38. The van der Waals surface area contributed by atoms with Gasteiger partial charge in [0.1, 0.15) is 0 Å². The van der Waals surface area contributed by atoms with E-state index in [-0.39, 0.29) is 18.5 Å². The van der Waals surface area contributed by atoms with E-state index >= 15 is 0 Å². The molecule has 0 aliphatic carbocycles. The zero-order chi connectivity index (χ0) is 15.0. The summed E-state index contributed by atoms with van der Waals surface area (Å²) in [6.07, 6.45) is 0.222. The number of hydrogen-bond acceptors (Lipinski definition) is 3. The molecule has 1 N–H and O–H groups in total. The van der Waals surface area contributed by atoms with E-state index in [0.717, 1.165) is 16.8 Å². The van der Waals surface area contributed by atoms with Crippen molar-refractivity contribution in [1.82, 2.24) is 4.57 Å². The number of aromatic nitrogens is 1. The Morgan fingerprint density at radius 1 is 1.50 bits per heavy atom. The van der Waals surface area contributed by atoms with Gasteiger partial charge in [0.25, 0.3) is 5.69 Å². The number of fused-ring (bicyclic) bond motifs is 1. The van der Waals surface area contributed by atoms with Crippen molar-refractivity contribution in [3.05, 3.63) is 38.0 Å². The summed E-state index contributed by atoms with van der Waals surface area (Å²) in [7, 11) is 1.82. The van der Waals surface area contributed by atoms with E-state index in [2.05, 4.69) is 15.9 Å². The van der Waals surface area contributed by atoms with Gasteiger partial charge in [0, 0.05) is 19.2 Å². The quantitative estimate of drug-likeness (QED) is 0.684. The molecule has 0 amide bonds. The summed E-state index contributed by atoms with van der Waals surface area (Å²) in [6, 6.07) is 3.44. The number of nitro benzene ring substituents is 1. The summed E-state index contributed by atoms with van der Waals surface area (Å²) in [5.41, 5.74) is 2.30. The number of halogens is 1. The highest BCUT2D eigenvalue weighted by molar-refractivity contribution is 9.10. The topological polar surface area (TPSA) is 85.4 Å². The molecule has 0 spiro atoms. The minimum absolute atomic E-state index is 0.00779. The number of benzene rings is 1. The van der Waals surface area contributed by atoms with E-state index in [4.69, 9.17) is 5.11 Å². The molecular weight excluding hydrogens is 328 g/mol. The molecule has 20 heavy (non-hydrogen) atoms. The van der Waals surface area contributed by atoms with Crippen molar-refractivity contribution in [2.24, 2.45) is 7.05 Å². The summed E-state index contributed by atoms with van der Waals surface area (Å²) in [5.74, 6) is -0.918. The normalized spacial score (nSPS) is 10.9. The first kappa shape index (κ1) is 14.5. The Hall–Kier alpha value is -1.89. The SMILES string of the molecule is Cc1c(CCC(=O)O)c2c([N+](=O)[O-])c(Br)ccc2n1C. The fraction of sp³-hybridized carbons (Fsp3) is 0.308. The second kappa shape index (κ2) is 5.24. The van der Waals surface area contributed by atoms with Crippen LogP contribution < -0.4 is 0 Å². The minimum atomic E-state index is -0.918. The predicted molar refractivity (Wildman–Crippen MR) is 78.0 cm³/mol. The lowest BCUT2D eigenvalue weighted by molar-refractivity contribution is -0.383. The standard InChI is InChI=1S/C13H13BrN2O4/c1-7-8(3-6-11(17)18)12-10(15(7)2)5-4-9(14)13(12)16(19)20/h4-5H,3,6H2,1-2H3,(H,17,18). The van der Waals surface area contributed by atoms with E-state index in [1.54, 1.807) is 12.1 Å².